The molecule has 0 radical (unpaired) electrons. The van der Waals surface area contributed by atoms with E-state index in [2.05, 4.69) is 0 Å². The number of nitrogens with zero attached hydrogens (tertiary/aromatic N) is 1. The molecule has 0 bridgehead atoms. The standard InChI is InChI=1S/C14H13Cl2NO2S2/c15-10-4-1-5-11(16)14(10)21(18,19)17-8-2-6-12(17)13-7-3-9-20-13/h1,3-5,7,9,12H,2,6,8H2. The first-order valence-electron chi connectivity index (χ1n) is 6.51. The highest BCUT2D eigenvalue weighted by atomic mass is 35.5. The summed E-state index contributed by atoms with van der Waals surface area (Å²) in [4.78, 5) is 1.07. The lowest BCUT2D eigenvalue weighted by Crippen LogP contribution is -2.30. The second kappa shape index (κ2) is 5.89. The minimum atomic E-state index is -3.70. The molecular weight excluding hydrogens is 349 g/mol. The molecule has 0 N–H and O–H groups in total. The van der Waals surface area contributed by atoms with Crippen LogP contribution in [0.1, 0.15) is 23.8 Å². The van der Waals surface area contributed by atoms with Crippen molar-refractivity contribution in [3.05, 3.63) is 50.6 Å². The summed E-state index contributed by atoms with van der Waals surface area (Å²) in [6.07, 6.45) is 1.66. The van der Waals surface area contributed by atoms with Gasteiger partial charge in [-0.1, -0.05) is 35.3 Å². The molecule has 1 atom stereocenters. The first kappa shape index (κ1) is 15.3. The molecule has 1 aromatic heterocycles. The molecule has 0 spiro atoms. The molecule has 21 heavy (non-hydrogen) atoms. The van der Waals surface area contributed by atoms with E-state index in [4.69, 9.17) is 23.2 Å². The van der Waals surface area contributed by atoms with Gasteiger partial charge in [-0.15, -0.1) is 11.3 Å². The van der Waals surface area contributed by atoms with Crippen molar-refractivity contribution in [2.75, 3.05) is 6.54 Å². The third-order valence-electron chi connectivity index (χ3n) is 3.56. The smallest absolute Gasteiger partial charge is 0.207 e. The predicted molar refractivity (Wildman–Crippen MR) is 86.6 cm³/mol. The van der Waals surface area contributed by atoms with E-state index in [9.17, 15) is 8.42 Å². The fraction of sp³-hybridized carbons (Fsp3) is 0.286. The summed E-state index contributed by atoms with van der Waals surface area (Å²) in [5, 5.41) is 2.29. The van der Waals surface area contributed by atoms with Crippen molar-refractivity contribution < 1.29 is 8.42 Å². The maximum absolute atomic E-state index is 12.9. The molecule has 7 heteroatoms. The van der Waals surface area contributed by atoms with E-state index in [-0.39, 0.29) is 21.0 Å². The summed E-state index contributed by atoms with van der Waals surface area (Å²) in [6.45, 7) is 0.493. The average Bonchev–Trinajstić information content (AvgIpc) is 3.09. The van der Waals surface area contributed by atoms with Gasteiger partial charge in [0.15, 0.2) is 0 Å². The van der Waals surface area contributed by atoms with Crippen molar-refractivity contribution in [1.82, 2.24) is 4.31 Å². The monoisotopic (exact) mass is 361 g/mol. The van der Waals surface area contributed by atoms with Gasteiger partial charge in [0.2, 0.25) is 10.0 Å². The molecule has 1 aliphatic rings. The zero-order valence-corrected chi connectivity index (χ0v) is 14.1. The van der Waals surface area contributed by atoms with Crippen LogP contribution >= 0.6 is 34.5 Å². The molecule has 1 aliphatic heterocycles. The van der Waals surface area contributed by atoms with Gasteiger partial charge in [0.05, 0.1) is 16.1 Å². The van der Waals surface area contributed by atoms with Crippen molar-refractivity contribution in [3.63, 3.8) is 0 Å². The molecule has 0 saturated carbocycles. The predicted octanol–water partition coefficient (Wildman–Crippen LogP) is 4.58. The summed E-state index contributed by atoms with van der Waals surface area (Å²) >= 11 is 13.7. The van der Waals surface area contributed by atoms with Crippen LogP contribution in [0.25, 0.3) is 0 Å². The maximum Gasteiger partial charge on any atom is 0.246 e. The number of thiophene rings is 1. The number of hydrogen-bond acceptors (Lipinski definition) is 3. The van der Waals surface area contributed by atoms with E-state index < -0.39 is 10.0 Å². The third kappa shape index (κ3) is 2.73. The van der Waals surface area contributed by atoms with Crippen LogP contribution in [0.15, 0.2) is 40.6 Å². The zero-order chi connectivity index (χ0) is 15.0. The second-order valence-electron chi connectivity index (χ2n) is 4.84. The number of benzene rings is 1. The number of hydrogen-bond donors (Lipinski definition) is 0. The van der Waals surface area contributed by atoms with E-state index in [0.29, 0.717) is 6.54 Å². The Morgan fingerprint density at radius 2 is 1.86 bits per heavy atom. The molecule has 1 fully saturated rings. The van der Waals surface area contributed by atoms with Gasteiger partial charge in [0, 0.05) is 11.4 Å². The van der Waals surface area contributed by atoms with E-state index >= 15 is 0 Å². The minimum Gasteiger partial charge on any atom is -0.207 e. The van der Waals surface area contributed by atoms with Crippen molar-refractivity contribution in [2.24, 2.45) is 0 Å². The van der Waals surface area contributed by atoms with Crippen LogP contribution in [0, 0.1) is 0 Å². The van der Waals surface area contributed by atoms with Gasteiger partial charge in [-0.25, -0.2) is 8.42 Å². The summed E-state index contributed by atoms with van der Waals surface area (Å²) in [5.41, 5.74) is 0. The molecule has 112 valence electrons. The molecule has 1 unspecified atom stereocenters. The lowest BCUT2D eigenvalue weighted by Gasteiger charge is -2.24. The van der Waals surface area contributed by atoms with Crippen molar-refractivity contribution >= 4 is 44.6 Å². The van der Waals surface area contributed by atoms with Gasteiger partial charge in [0.1, 0.15) is 4.90 Å². The third-order valence-corrected chi connectivity index (χ3v) is 7.40. The Morgan fingerprint density at radius 3 is 2.48 bits per heavy atom. The molecule has 3 rings (SSSR count). The topological polar surface area (TPSA) is 37.4 Å². The van der Waals surface area contributed by atoms with Gasteiger partial charge < -0.3 is 0 Å². The largest absolute Gasteiger partial charge is 0.246 e. The molecule has 2 aromatic rings. The first-order valence-corrected chi connectivity index (χ1v) is 9.58. The molecule has 0 aliphatic carbocycles. The Bertz CT molecular complexity index is 724. The highest BCUT2D eigenvalue weighted by Gasteiger charge is 2.38. The highest BCUT2D eigenvalue weighted by molar-refractivity contribution is 7.89. The van der Waals surface area contributed by atoms with Crippen molar-refractivity contribution in [2.45, 2.75) is 23.8 Å². The summed E-state index contributed by atoms with van der Waals surface area (Å²) in [7, 11) is -3.70. The van der Waals surface area contributed by atoms with Gasteiger partial charge >= 0.3 is 0 Å². The highest BCUT2D eigenvalue weighted by Crippen LogP contribution is 2.41. The Labute approximate surface area is 138 Å². The molecule has 1 aromatic carbocycles. The zero-order valence-electron chi connectivity index (χ0n) is 11.0. The van der Waals surface area contributed by atoms with Crippen LogP contribution in [0.2, 0.25) is 10.0 Å². The average molecular weight is 362 g/mol. The fourth-order valence-corrected chi connectivity index (χ4v) is 6.35. The molecule has 0 amide bonds. The normalized spacial score (nSPS) is 20.0. The second-order valence-corrected chi connectivity index (χ2v) is 8.46. The van der Waals surface area contributed by atoms with Gasteiger partial charge in [-0.2, -0.15) is 4.31 Å². The van der Waals surface area contributed by atoms with Gasteiger partial charge in [0.25, 0.3) is 0 Å². The van der Waals surface area contributed by atoms with Crippen LogP contribution < -0.4 is 0 Å². The lowest BCUT2D eigenvalue weighted by molar-refractivity contribution is 0.401. The van der Waals surface area contributed by atoms with Crippen molar-refractivity contribution in [3.8, 4) is 0 Å². The maximum atomic E-state index is 12.9. The Hall–Kier alpha value is -0.590. The minimum absolute atomic E-state index is 0.0109. The van der Waals surface area contributed by atoms with Crippen LogP contribution in [0.3, 0.4) is 0 Å². The SMILES string of the molecule is O=S(=O)(c1c(Cl)cccc1Cl)N1CCCC1c1cccs1. The molecular formula is C14H13Cl2NO2S2. The van der Waals surface area contributed by atoms with E-state index in [1.165, 1.54) is 4.31 Å². The lowest BCUT2D eigenvalue weighted by atomic mass is 10.2. The van der Waals surface area contributed by atoms with Crippen molar-refractivity contribution in [1.29, 1.82) is 0 Å². The molecule has 2 heterocycles. The van der Waals surface area contributed by atoms with E-state index in [1.54, 1.807) is 29.5 Å². The molecule has 3 nitrogen and oxygen atoms in total. The Morgan fingerprint density at radius 1 is 1.14 bits per heavy atom. The summed E-state index contributed by atoms with van der Waals surface area (Å²) in [6, 6.07) is 8.53. The Kier molecular flexibility index (Phi) is 4.30. The number of rotatable bonds is 3. The first-order chi connectivity index (χ1) is 10.0. The fourth-order valence-electron chi connectivity index (χ4n) is 2.64. The van der Waals surface area contributed by atoms with Crippen LogP contribution in [0.4, 0.5) is 0 Å². The Balaban J connectivity index is 2.06. The quantitative estimate of drug-likeness (QED) is 0.801. The number of halogens is 2. The van der Waals surface area contributed by atoms with Crippen LogP contribution in [-0.2, 0) is 10.0 Å². The van der Waals surface area contributed by atoms with Crippen LogP contribution in [0.5, 0.6) is 0 Å². The van der Waals surface area contributed by atoms with Gasteiger partial charge in [-0.05, 0) is 36.4 Å². The molecule has 1 saturated heterocycles. The van der Waals surface area contributed by atoms with E-state index in [0.717, 1.165) is 17.7 Å². The summed E-state index contributed by atoms with van der Waals surface area (Å²) < 4.78 is 27.4. The summed E-state index contributed by atoms with van der Waals surface area (Å²) in [5.74, 6) is 0. The van der Waals surface area contributed by atoms with Crippen LogP contribution in [-0.4, -0.2) is 19.3 Å². The van der Waals surface area contributed by atoms with Gasteiger partial charge in [-0.3, -0.25) is 0 Å². The van der Waals surface area contributed by atoms with E-state index in [1.807, 2.05) is 17.5 Å². The number of sulfonamides is 1.